The van der Waals surface area contributed by atoms with Crippen LogP contribution in [0.1, 0.15) is 125 Å². The quantitative estimate of drug-likeness (QED) is 0.0605. The number of aromatic nitrogens is 2. The number of rotatable bonds is 14. The molecule has 0 unspecified atom stereocenters. The molecule has 0 bridgehead atoms. The molecule has 3 aromatic carbocycles. The van der Waals surface area contributed by atoms with Crippen molar-refractivity contribution < 1.29 is 37.5 Å². The number of pyridine rings is 1. The Morgan fingerprint density at radius 1 is 0.986 bits per heavy atom. The van der Waals surface area contributed by atoms with Gasteiger partial charge in [-0.3, -0.25) is 24.7 Å². The lowest BCUT2D eigenvalue weighted by molar-refractivity contribution is -0.384. The van der Waals surface area contributed by atoms with Crippen LogP contribution in [0, 0.1) is 21.4 Å². The van der Waals surface area contributed by atoms with Crippen LogP contribution >= 0.6 is 0 Å². The van der Waals surface area contributed by atoms with Gasteiger partial charge in [-0.05, 0) is 150 Å². The van der Waals surface area contributed by atoms with Gasteiger partial charge in [-0.25, -0.2) is 13.1 Å². The topological polar surface area (TPSA) is 205 Å². The zero-order chi connectivity index (χ0) is 50.8. The number of benzene rings is 3. The fraction of sp³-hybridized carbons (Fsp3) is 0.527. The molecule has 1 amide bonds. The number of aliphatic hydroxyl groups is 1. The highest BCUT2D eigenvalue weighted by Crippen LogP contribution is 2.55. The number of aromatic amines is 1. The lowest BCUT2D eigenvalue weighted by atomic mass is 9.59. The molecule has 2 saturated carbocycles. The van der Waals surface area contributed by atoms with Gasteiger partial charge >= 0.3 is 0 Å². The van der Waals surface area contributed by atoms with Gasteiger partial charge in [-0.2, -0.15) is 4.98 Å². The zero-order valence-electron chi connectivity index (χ0n) is 42.3. The summed E-state index contributed by atoms with van der Waals surface area (Å²) >= 11 is 0. The maximum atomic E-state index is 14.5. The summed E-state index contributed by atoms with van der Waals surface area (Å²) in [5.74, 6) is 0.157. The van der Waals surface area contributed by atoms with Crippen molar-refractivity contribution in [1.29, 1.82) is 0 Å². The van der Waals surface area contributed by atoms with Crippen molar-refractivity contribution >= 4 is 44.0 Å². The number of nitro groups is 1. The molecule has 1 spiro atoms. The number of nitrogens with one attached hydrogen (secondary N) is 3. The summed E-state index contributed by atoms with van der Waals surface area (Å²) in [5, 5.41) is 27.0. The van der Waals surface area contributed by atoms with Gasteiger partial charge in [0.1, 0.15) is 24.6 Å². The average molecular weight is 1020 g/mol. The Balaban J connectivity index is 0.841. The molecule has 3 saturated heterocycles. The number of fused-ring (bicyclic) bond motifs is 2. The molecule has 18 heteroatoms. The van der Waals surface area contributed by atoms with Crippen molar-refractivity contribution in [2.24, 2.45) is 11.3 Å². The third-order valence-corrected chi connectivity index (χ3v) is 18.5. The van der Waals surface area contributed by atoms with Crippen molar-refractivity contribution in [3.8, 4) is 23.1 Å². The molecule has 6 heterocycles. The monoisotopic (exact) mass is 1020 g/mol. The van der Waals surface area contributed by atoms with Crippen LogP contribution in [0.2, 0.25) is 0 Å². The molecule has 0 radical (unpaired) electrons. The van der Waals surface area contributed by atoms with E-state index in [2.05, 4.69) is 67.8 Å². The molecule has 2 aromatic heterocycles. The number of anilines is 2. The second kappa shape index (κ2) is 19.4. The predicted molar refractivity (Wildman–Crippen MR) is 278 cm³/mol. The normalized spacial score (nSPS) is 25.4. The van der Waals surface area contributed by atoms with Gasteiger partial charge in [0.15, 0.2) is 17.2 Å². The first-order valence-corrected chi connectivity index (χ1v) is 27.7. The van der Waals surface area contributed by atoms with Crippen LogP contribution in [0.5, 0.6) is 23.1 Å². The zero-order valence-corrected chi connectivity index (χ0v) is 43.1. The highest BCUT2D eigenvalue weighted by atomic mass is 32.2. The molecular weight excluding hydrogens is 949 g/mol. The van der Waals surface area contributed by atoms with Crippen LogP contribution in [0.15, 0.2) is 77.8 Å². The van der Waals surface area contributed by atoms with Crippen molar-refractivity contribution in [1.82, 2.24) is 24.5 Å². The summed E-state index contributed by atoms with van der Waals surface area (Å²) in [5.41, 5.74) is 3.40. The van der Waals surface area contributed by atoms with Crippen LogP contribution in [-0.4, -0.2) is 114 Å². The molecule has 17 nitrogen and oxygen atoms in total. The summed E-state index contributed by atoms with van der Waals surface area (Å²) in [4.78, 5) is 41.0. The Kier molecular flexibility index (Phi) is 13.1. The van der Waals surface area contributed by atoms with E-state index in [0.717, 1.165) is 62.6 Å². The molecular formula is C55H68N8O9S. The molecule has 2 aliphatic carbocycles. The molecule has 3 atom stereocenters. The number of ether oxygens (including phenoxy) is 3. The van der Waals surface area contributed by atoms with Gasteiger partial charge in [0.2, 0.25) is 0 Å². The Hall–Kier alpha value is -5.95. The van der Waals surface area contributed by atoms with Gasteiger partial charge in [0.25, 0.3) is 27.5 Å². The van der Waals surface area contributed by atoms with E-state index < -0.39 is 37.0 Å². The predicted octanol–water partition coefficient (Wildman–Crippen LogP) is 9.29. The fourth-order valence-electron chi connectivity index (χ4n) is 12.6. The molecule has 4 aliphatic heterocycles. The number of likely N-dealkylation sites (tertiary alicyclic amines) is 2. The van der Waals surface area contributed by atoms with Crippen LogP contribution in [0.25, 0.3) is 11.0 Å². The van der Waals surface area contributed by atoms with Crippen molar-refractivity contribution in [2.45, 2.75) is 132 Å². The van der Waals surface area contributed by atoms with Gasteiger partial charge in [-0.15, -0.1) is 0 Å². The Bertz CT molecular complexity index is 3010. The summed E-state index contributed by atoms with van der Waals surface area (Å²) in [7, 11) is -2.68. The molecule has 73 heavy (non-hydrogen) atoms. The molecule has 4 N–H and O–H groups in total. The van der Waals surface area contributed by atoms with E-state index >= 15 is 0 Å². The second-order valence-corrected chi connectivity index (χ2v) is 24.0. The minimum atomic E-state index is -4.71. The van der Waals surface area contributed by atoms with E-state index in [0.29, 0.717) is 55.9 Å². The number of hydrogen-bond acceptors (Lipinski definition) is 14. The fourth-order valence-corrected chi connectivity index (χ4v) is 13.6. The number of nitrogens with zero attached hydrogens (tertiary/aromatic N) is 5. The van der Waals surface area contributed by atoms with E-state index in [9.17, 15) is 28.4 Å². The van der Waals surface area contributed by atoms with Crippen molar-refractivity contribution in [3.63, 3.8) is 0 Å². The number of carbonyl (C=O) groups excluding carboxylic acids is 1. The number of hydrogen-bond donors (Lipinski definition) is 4. The minimum absolute atomic E-state index is 0.00360. The van der Waals surface area contributed by atoms with E-state index in [-0.39, 0.29) is 64.4 Å². The van der Waals surface area contributed by atoms with Gasteiger partial charge in [0.05, 0.1) is 27.0 Å². The first kappa shape index (κ1) is 49.3. The standard InChI is InChI=1S/C55H68N8O9S/c1-34(2)41-8-5-6-9-42(41)45-10-7-22-62(45)39-30-55(31-39)19-24-61(25-20-55)37-11-12-43(47(27-37)72-49-26-36-15-21-56-51(36)58-53(49)71-32-38-16-23-60(38)4)52(64)59-73(68,69)40-28-46(63(66)67)50-48(29-40)70-33-44(57-50)35-13-17-54(3,65)18-14-35/h5-6,8-9,11-12,15,21,26-29,34-35,38-39,44-45,57,65H,7,10,13-14,16-20,22-25,30-33H2,1-4H3,(H,56,58)(H,59,64)/t35-,38-,44+,45+,54-/m0/s1. The highest BCUT2D eigenvalue weighted by Gasteiger charge is 2.50. The maximum absolute atomic E-state index is 14.5. The lowest BCUT2D eigenvalue weighted by Crippen LogP contribution is -2.54. The number of H-pyrrole nitrogens is 1. The summed E-state index contributed by atoms with van der Waals surface area (Å²) < 4.78 is 49.6. The van der Waals surface area contributed by atoms with Gasteiger partial charge < -0.3 is 34.5 Å². The third-order valence-electron chi connectivity index (χ3n) is 17.2. The third kappa shape index (κ3) is 9.83. The Morgan fingerprint density at radius 3 is 2.49 bits per heavy atom. The van der Waals surface area contributed by atoms with E-state index in [4.69, 9.17) is 19.2 Å². The van der Waals surface area contributed by atoms with E-state index in [1.165, 1.54) is 42.9 Å². The number of likely N-dealkylation sites (N-methyl/N-ethyl adjacent to an activating group) is 1. The van der Waals surface area contributed by atoms with E-state index in [1.807, 2.05) is 26.1 Å². The van der Waals surface area contributed by atoms with Crippen LogP contribution in [0.4, 0.5) is 17.1 Å². The maximum Gasteiger partial charge on any atom is 0.297 e. The van der Waals surface area contributed by atoms with Crippen molar-refractivity contribution in [2.75, 3.05) is 56.7 Å². The van der Waals surface area contributed by atoms with Gasteiger partial charge in [-0.1, -0.05) is 38.1 Å². The van der Waals surface area contributed by atoms with E-state index in [1.54, 1.807) is 24.4 Å². The molecule has 11 rings (SSSR count). The Labute approximate surface area is 427 Å². The SMILES string of the molecule is CC(C)c1ccccc1[C@H]1CCCN1C1CC2(CCN(c3ccc(C(=O)NS(=O)(=O)c4cc5c(c([N+](=O)[O-])c4)N[C@@H]([C@H]4CC[C@](C)(O)CC4)CO5)c(Oc4cc5cc[nH]c5nc4OC[C@@H]4CCN4C)c3)CC2)C1. The van der Waals surface area contributed by atoms with Crippen LogP contribution in [0.3, 0.4) is 0 Å². The molecule has 5 aromatic rings. The summed E-state index contributed by atoms with van der Waals surface area (Å²) in [6, 6.07) is 20.9. The van der Waals surface area contributed by atoms with Crippen LogP contribution in [-0.2, 0) is 10.0 Å². The second-order valence-electron chi connectivity index (χ2n) is 22.4. The Morgan fingerprint density at radius 2 is 1.77 bits per heavy atom. The highest BCUT2D eigenvalue weighted by molar-refractivity contribution is 7.90. The summed E-state index contributed by atoms with van der Waals surface area (Å²) in [6.45, 7) is 10.6. The average Bonchev–Trinajstić information content (AvgIpc) is 4.04. The number of sulfonamides is 1. The van der Waals surface area contributed by atoms with Crippen molar-refractivity contribution in [3.05, 3.63) is 99.7 Å². The number of piperidine rings is 1. The number of amides is 1. The molecule has 388 valence electrons. The molecule has 6 aliphatic rings. The van der Waals surface area contributed by atoms with Crippen LogP contribution < -0.4 is 29.1 Å². The lowest BCUT2D eigenvalue weighted by Gasteiger charge is -2.56. The minimum Gasteiger partial charge on any atom is -0.489 e. The first-order chi connectivity index (χ1) is 35.0. The largest absolute Gasteiger partial charge is 0.489 e. The van der Waals surface area contributed by atoms with Gasteiger partial charge in [0, 0.05) is 66.7 Å². The number of nitro benzene ring substituents is 1. The first-order valence-electron chi connectivity index (χ1n) is 26.3. The smallest absolute Gasteiger partial charge is 0.297 e. The molecule has 5 fully saturated rings. The summed E-state index contributed by atoms with van der Waals surface area (Å²) in [6.07, 6.45) is 12.2. The number of carbonyl (C=O) groups is 1.